The third-order valence-corrected chi connectivity index (χ3v) is 4.71. The lowest BCUT2D eigenvalue weighted by Gasteiger charge is -2.08. The molecule has 0 spiro atoms. The topological polar surface area (TPSA) is 71.8 Å². The Morgan fingerprint density at radius 1 is 1.15 bits per heavy atom. The number of imidazole rings is 1. The van der Waals surface area contributed by atoms with Crippen LogP contribution in [0.3, 0.4) is 0 Å². The molecule has 1 aromatic carbocycles. The van der Waals surface area contributed by atoms with Crippen molar-refractivity contribution in [2.24, 2.45) is 5.92 Å². The van der Waals surface area contributed by atoms with E-state index in [1.807, 2.05) is 29.0 Å². The maximum atomic E-state index is 12.0. The molecule has 0 aliphatic heterocycles. The minimum Gasteiger partial charge on any atom is -0.338 e. The molecule has 1 aliphatic carbocycles. The second-order valence-electron chi connectivity index (χ2n) is 6.57. The van der Waals surface area contributed by atoms with E-state index in [1.54, 1.807) is 18.7 Å². The molecule has 6 heteroatoms. The number of rotatable bonds is 6. The van der Waals surface area contributed by atoms with Crippen LogP contribution in [0.4, 0.5) is 4.79 Å². The number of aromatic nitrogens is 3. The third kappa shape index (κ3) is 3.91. The fourth-order valence-electron chi connectivity index (χ4n) is 3.12. The van der Waals surface area contributed by atoms with Gasteiger partial charge in [0.25, 0.3) is 0 Å². The molecule has 0 bridgehead atoms. The zero-order valence-corrected chi connectivity index (χ0v) is 14.4. The largest absolute Gasteiger partial charge is 0.338 e. The predicted molar refractivity (Wildman–Crippen MR) is 98.9 cm³/mol. The molecule has 26 heavy (non-hydrogen) atoms. The molecule has 0 unspecified atom stereocenters. The summed E-state index contributed by atoms with van der Waals surface area (Å²) in [6, 6.07) is 14.2. The van der Waals surface area contributed by atoms with Crippen molar-refractivity contribution < 1.29 is 4.79 Å². The minimum atomic E-state index is -0.137. The van der Waals surface area contributed by atoms with E-state index < -0.39 is 0 Å². The Hall–Kier alpha value is -3.15. The first-order chi connectivity index (χ1) is 12.8. The van der Waals surface area contributed by atoms with Crippen molar-refractivity contribution >= 4 is 6.03 Å². The van der Waals surface area contributed by atoms with Crippen LogP contribution in [0, 0.1) is 5.92 Å². The van der Waals surface area contributed by atoms with Gasteiger partial charge in [-0.25, -0.2) is 14.8 Å². The molecule has 2 aromatic heterocycles. The molecule has 1 aliphatic rings. The number of benzene rings is 1. The average molecular weight is 347 g/mol. The molecule has 0 saturated heterocycles. The summed E-state index contributed by atoms with van der Waals surface area (Å²) in [5.74, 6) is 1.92. The molecular formula is C20H21N5O. The van der Waals surface area contributed by atoms with E-state index >= 15 is 0 Å². The predicted octanol–water partition coefficient (Wildman–Crippen LogP) is 2.87. The van der Waals surface area contributed by atoms with Crippen LogP contribution in [0.15, 0.2) is 67.4 Å². The van der Waals surface area contributed by atoms with Crippen molar-refractivity contribution in [1.82, 2.24) is 25.2 Å². The highest BCUT2D eigenvalue weighted by atomic mass is 16.2. The maximum absolute atomic E-state index is 12.0. The van der Waals surface area contributed by atoms with Crippen LogP contribution in [-0.2, 0) is 6.54 Å². The van der Waals surface area contributed by atoms with Crippen LogP contribution in [0.2, 0.25) is 0 Å². The SMILES string of the molecule is O=C(NCc1ccc(-n2ccnc2)nc1)NC[C@@H]1C[C@@H]1c1ccccc1. The first kappa shape index (κ1) is 16.3. The van der Waals surface area contributed by atoms with E-state index in [2.05, 4.69) is 44.9 Å². The summed E-state index contributed by atoms with van der Waals surface area (Å²) in [6.07, 6.45) is 8.16. The molecule has 6 nitrogen and oxygen atoms in total. The van der Waals surface area contributed by atoms with Gasteiger partial charge in [0.15, 0.2) is 0 Å². The van der Waals surface area contributed by atoms with Crippen LogP contribution in [0.25, 0.3) is 5.82 Å². The third-order valence-electron chi connectivity index (χ3n) is 4.71. The summed E-state index contributed by atoms with van der Waals surface area (Å²) in [4.78, 5) is 20.4. The number of amides is 2. The maximum Gasteiger partial charge on any atom is 0.315 e. The van der Waals surface area contributed by atoms with Crippen LogP contribution >= 0.6 is 0 Å². The van der Waals surface area contributed by atoms with Crippen molar-refractivity contribution in [3.05, 3.63) is 78.5 Å². The van der Waals surface area contributed by atoms with Gasteiger partial charge < -0.3 is 10.6 Å². The lowest BCUT2D eigenvalue weighted by atomic mass is 10.1. The van der Waals surface area contributed by atoms with Gasteiger partial charge in [0.2, 0.25) is 0 Å². The van der Waals surface area contributed by atoms with Crippen LogP contribution in [0.5, 0.6) is 0 Å². The Balaban J connectivity index is 1.20. The number of urea groups is 1. The number of nitrogens with zero attached hydrogens (tertiary/aromatic N) is 3. The molecule has 2 atom stereocenters. The number of carbonyl (C=O) groups is 1. The molecule has 2 N–H and O–H groups in total. The van der Waals surface area contributed by atoms with Gasteiger partial charge in [-0.05, 0) is 35.4 Å². The zero-order chi connectivity index (χ0) is 17.8. The van der Waals surface area contributed by atoms with E-state index in [0.717, 1.165) is 17.8 Å². The number of nitrogens with one attached hydrogen (secondary N) is 2. The summed E-state index contributed by atoms with van der Waals surface area (Å²) in [6.45, 7) is 1.17. The van der Waals surface area contributed by atoms with Gasteiger partial charge in [-0.3, -0.25) is 4.57 Å². The summed E-state index contributed by atoms with van der Waals surface area (Å²) < 4.78 is 1.84. The average Bonchev–Trinajstić information content (AvgIpc) is 3.26. The molecule has 2 amide bonds. The zero-order valence-electron chi connectivity index (χ0n) is 14.4. The van der Waals surface area contributed by atoms with Gasteiger partial charge in [-0.2, -0.15) is 0 Å². The van der Waals surface area contributed by atoms with Gasteiger partial charge in [-0.1, -0.05) is 36.4 Å². The highest BCUT2D eigenvalue weighted by Gasteiger charge is 2.37. The minimum absolute atomic E-state index is 0.137. The first-order valence-electron chi connectivity index (χ1n) is 8.79. The van der Waals surface area contributed by atoms with Crippen LogP contribution < -0.4 is 10.6 Å². The van der Waals surface area contributed by atoms with E-state index in [-0.39, 0.29) is 6.03 Å². The standard InChI is InChI=1S/C20H21N5O/c26-20(24-13-17-10-18(17)16-4-2-1-3-5-16)23-12-15-6-7-19(22-11-15)25-9-8-21-14-25/h1-9,11,14,17-18H,10,12-13H2,(H2,23,24,26)/t17-,18+/m0/s1. The highest BCUT2D eigenvalue weighted by Crippen LogP contribution is 2.46. The van der Waals surface area contributed by atoms with Crippen molar-refractivity contribution in [3.63, 3.8) is 0 Å². The summed E-state index contributed by atoms with van der Waals surface area (Å²) in [7, 11) is 0. The molecule has 0 radical (unpaired) electrons. The van der Waals surface area contributed by atoms with Gasteiger partial charge >= 0.3 is 6.03 Å². The number of pyridine rings is 1. The van der Waals surface area contributed by atoms with E-state index in [0.29, 0.717) is 24.9 Å². The summed E-state index contributed by atoms with van der Waals surface area (Å²) in [5, 5.41) is 5.85. The quantitative estimate of drug-likeness (QED) is 0.720. The van der Waals surface area contributed by atoms with Gasteiger partial charge in [0.1, 0.15) is 12.1 Å². The Morgan fingerprint density at radius 2 is 2.04 bits per heavy atom. The first-order valence-corrected chi connectivity index (χ1v) is 8.79. The fourth-order valence-corrected chi connectivity index (χ4v) is 3.12. The molecular weight excluding hydrogens is 326 g/mol. The van der Waals surface area contributed by atoms with E-state index in [9.17, 15) is 4.79 Å². The molecule has 1 fully saturated rings. The molecule has 132 valence electrons. The van der Waals surface area contributed by atoms with Crippen molar-refractivity contribution in [1.29, 1.82) is 0 Å². The number of hydrogen-bond acceptors (Lipinski definition) is 3. The van der Waals surface area contributed by atoms with E-state index in [1.165, 1.54) is 5.56 Å². The number of carbonyl (C=O) groups excluding carboxylic acids is 1. The molecule has 4 rings (SSSR count). The summed E-state index contributed by atoms with van der Waals surface area (Å²) in [5.41, 5.74) is 2.32. The second kappa shape index (κ2) is 7.39. The van der Waals surface area contributed by atoms with E-state index in [4.69, 9.17) is 0 Å². The van der Waals surface area contributed by atoms with Crippen LogP contribution in [0.1, 0.15) is 23.5 Å². The lowest BCUT2D eigenvalue weighted by Crippen LogP contribution is -2.36. The smallest absolute Gasteiger partial charge is 0.315 e. The van der Waals surface area contributed by atoms with Gasteiger partial charge in [0.05, 0.1) is 0 Å². The highest BCUT2D eigenvalue weighted by molar-refractivity contribution is 5.73. The normalized spacial score (nSPS) is 18.3. The van der Waals surface area contributed by atoms with Gasteiger partial charge in [0, 0.05) is 31.7 Å². The Morgan fingerprint density at radius 3 is 2.77 bits per heavy atom. The van der Waals surface area contributed by atoms with Crippen LogP contribution in [-0.4, -0.2) is 27.1 Å². The number of hydrogen-bond donors (Lipinski definition) is 2. The van der Waals surface area contributed by atoms with Crippen molar-refractivity contribution in [2.75, 3.05) is 6.54 Å². The fraction of sp³-hybridized carbons (Fsp3) is 0.250. The molecule has 3 aromatic rings. The Bertz CT molecular complexity index is 846. The van der Waals surface area contributed by atoms with Crippen molar-refractivity contribution in [3.8, 4) is 5.82 Å². The lowest BCUT2D eigenvalue weighted by molar-refractivity contribution is 0.240. The van der Waals surface area contributed by atoms with Crippen molar-refractivity contribution in [2.45, 2.75) is 18.9 Å². The Kier molecular flexibility index (Phi) is 4.64. The second-order valence-corrected chi connectivity index (χ2v) is 6.57. The monoisotopic (exact) mass is 347 g/mol. The molecule has 2 heterocycles. The summed E-state index contributed by atoms with van der Waals surface area (Å²) >= 11 is 0. The molecule has 1 saturated carbocycles. The Labute approximate surface area is 152 Å². The van der Waals surface area contributed by atoms with Gasteiger partial charge in [-0.15, -0.1) is 0 Å².